The molecular formula is C20H23FN4O5S. The Morgan fingerprint density at radius 3 is 2.71 bits per heavy atom. The van der Waals surface area contributed by atoms with Gasteiger partial charge in [0.15, 0.2) is 0 Å². The van der Waals surface area contributed by atoms with Crippen molar-refractivity contribution in [2.45, 2.75) is 31.0 Å². The van der Waals surface area contributed by atoms with Gasteiger partial charge in [0.2, 0.25) is 10.0 Å². The number of aromatic nitrogens is 1. The van der Waals surface area contributed by atoms with Crippen molar-refractivity contribution in [2.75, 3.05) is 19.7 Å². The molecule has 11 heteroatoms. The summed E-state index contributed by atoms with van der Waals surface area (Å²) in [5.41, 5.74) is 0.791. The molecule has 1 saturated heterocycles. The first-order valence-corrected chi connectivity index (χ1v) is 11.1. The lowest BCUT2D eigenvalue weighted by atomic mass is 10.2. The van der Waals surface area contributed by atoms with Crippen molar-refractivity contribution < 1.29 is 27.1 Å². The van der Waals surface area contributed by atoms with Crippen molar-refractivity contribution >= 4 is 21.8 Å². The number of pyridine rings is 1. The molecule has 1 aromatic heterocycles. The molecule has 0 bridgehead atoms. The second-order valence-corrected chi connectivity index (χ2v) is 8.81. The van der Waals surface area contributed by atoms with Crippen LogP contribution < -0.4 is 10.6 Å². The predicted molar refractivity (Wildman–Crippen MR) is 108 cm³/mol. The summed E-state index contributed by atoms with van der Waals surface area (Å²) in [6.45, 7) is 1.82. The van der Waals surface area contributed by atoms with E-state index in [1.165, 1.54) is 19.1 Å². The number of nitrogens with one attached hydrogen (secondary N) is 2. The number of halogens is 1. The molecule has 1 aliphatic heterocycles. The molecule has 2 aromatic rings. The molecular weight excluding hydrogens is 427 g/mol. The molecule has 0 unspecified atom stereocenters. The first-order chi connectivity index (χ1) is 14.8. The molecule has 1 atom stereocenters. The predicted octanol–water partition coefficient (Wildman–Crippen LogP) is 0.699. The van der Waals surface area contributed by atoms with Crippen molar-refractivity contribution in [2.24, 2.45) is 0 Å². The summed E-state index contributed by atoms with van der Waals surface area (Å²) in [7, 11) is -3.98. The lowest BCUT2D eigenvalue weighted by molar-refractivity contribution is -0.140. The summed E-state index contributed by atoms with van der Waals surface area (Å²) >= 11 is 0. The van der Waals surface area contributed by atoms with Gasteiger partial charge in [-0.15, -0.1) is 0 Å². The SMILES string of the molecule is Cc1cc(S(=O)(=O)N2CCCO[C@H]2CNC(=O)C(=O)NCc2ccccn2)ccc1F. The first-order valence-electron chi connectivity index (χ1n) is 9.64. The van der Waals surface area contributed by atoms with E-state index in [1.807, 2.05) is 0 Å². The molecule has 0 radical (unpaired) electrons. The van der Waals surface area contributed by atoms with Gasteiger partial charge in [0, 0.05) is 12.7 Å². The van der Waals surface area contributed by atoms with E-state index >= 15 is 0 Å². The van der Waals surface area contributed by atoms with Crippen LogP contribution in [0.2, 0.25) is 0 Å². The van der Waals surface area contributed by atoms with E-state index in [-0.39, 0.29) is 30.1 Å². The summed E-state index contributed by atoms with van der Waals surface area (Å²) < 4.78 is 46.2. The first kappa shape index (κ1) is 22.8. The molecule has 1 fully saturated rings. The fourth-order valence-electron chi connectivity index (χ4n) is 3.03. The second kappa shape index (κ2) is 9.94. The number of ether oxygens (including phenoxy) is 1. The van der Waals surface area contributed by atoms with E-state index in [0.717, 1.165) is 10.4 Å². The fourth-order valence-corrected chi connectivity index (χ4v) is 4.68. The number of hydrogen-bond acceptors (Lipinski definition) is 6. The average Bonchev–Trinajstić information content (AvgIpc) is 2.78. The van der Waals surface area contributed by atoms with Gasteiger partial charge in [-0.05, 0) is 49.2 Å². The molecule has 9 nitrogen and oxygen atoms in total. The zero-order chi connectivity index (χ0) is 22.4. The highest BCUT2D eigenvalue weighted by molar-refractivity contribution is 7.89. The van der Waals surface area contributed by atoms with E-state index < -0.39 is 33.9 Å². The number of carbonyl (C=O) groups excluding carboxylic acids is 2. The van der Waals surface area contributed by atoms with Crippen LogP contribution in [0.1, 0.15) is 17.7 Å². The van der Waals surface area contributed by atoms with E-state index in [4.69, 9.17) is 4.74 Å². The molecule has 3 rings (SSSR count). The summed E-state index contributed by atoms with van der Waals surface area (Å²) in [6.07, 6.45) is 1.05. The number of aryl methyl sites for hydroxylation is 1. The quantitative estimate of drug-likeness (QED) is 0.626. The van der Waals surface area contributed by atoms with E-state index in [2.05, 4.69) is 15.6 Å². The van der Waals surface area contributed by atoms with Gasteiger partial charge < -0.3 is 15.4 Å². The van der Waals surface area contributed by atoms with Gasteiger partial charge in [0.05, 0.1) is 30.3 Å². The van der Waals surface area contributed by atoms with Crippen LogP contribution in [-0.4, -0.2) is 55.4 Å². The summed E-state index contributed by atoms with van der Waals surface area (Å²) in [4.78, 5) is 28.1. The minimum Gasteiger partial charge on any atom is -0.360 e. The van der Waals surface area contributed by atoms with Crippen LogP contribution in [0, 0.1) is 12.7 Å². The zero-order valence-electron chi connectivity index (χ0n) is 16.9. The van der Waals surface area contributed by atoms with Crippen LogP contribution in [-0.2, 0) is 30.9 Å². The lowest BCUT2D eigenvalue weighted by Crippen LogP contribution is -2.53. The maximum Gasteiger partial charge on any atom is 0.309 e. The molecule has 0 spiro atoms. The maximum absolute atomic E-state index is 13.5. The molecule has 0 saturated carbocycles. The Labute approximate surface area is 179 Å². The fraction of sp³-hybridized carbons (Fsp3) is 0.350. The molecule has 2 heterocycles. The van der Waals surface area contributed by atoms with Gasteiger partial charge in [0.1, 0.15) is 12.0 Å². The number of amides is 2. The van der Waals surface area contributed by atoms with Gasteiger partial charge in [-0.3, -0.25) is 14.6 Å². The van der Waals surface area contributed by atoms with Crippen molar-refractivity contribution in [1.29, 1.82) is 0 Å². The number of sulfonamides is 1. The smallest absolute Gasteiger partial charge is 0.309 e. The van der Waals surface area contributed by atoms with Gasteiger partial charge in [-0.2, -0.15) is 4.31 Å². The topological polar surface area (TPSA) is 118 Å². The number of carbonyl (C=O) groups is 2. The molecule has 0 aliphatic carbocycles. The Morgan fingerprint density at radius 2 is 2.00 bits per heavy atom. The minimum atomic E-state index is -3.98. The van der Waals surface area contributed by atoms with Gasteiger partial charge in [-0.25, -0.2) is 12.8 Å². The number of hydrogen-bond donors (Lipinski definition) is 2. The van der Waals surface area contributed by atoms with Crippen molar-refractivity contribution in [1.82, 2.24) is 19.9 Å². The standard InChI is InChI=1S/C20H23FN4O5S/c1-14-11-16(6-7-17(14)21)31(28,29)25-9-4-10-30-18(25)13-24-20(27)19(26)23-12-15-5-2-3-8-22-15/h2-3,5-8,11,18H,4,9-10,12-13H2,1H3,(H,23,26)(H,24,27)/t18-/m0/s1. The summed E-state index contributed by atoms with van der Waals surface area (Å²) in [5.74, 6) is -2.29. The second-order valence-electron chi connectivity index (χ2n) is 6.92. The highest BCUT2D eigenvalue weighted by Gasteiger charge is 2.35. The van der Waals surface area contributed by atoms with E-state index in [1.54, 1.807) is 24.4 Å². The third kappa shape index (κ3) is 5.63. The van der Waals surface area contributed by atoms with Crippen molar-refractivity contribution in [3.05, 3.63) is 59.7 Å². The number of benzene rings is 1. The number of nitrogens with zero attached hydrogens (tertiary/aromatic N) is 2. The molecule has 2 N–H and O–H groups in total. The van der Waals surface area contributed by atoms with Crippen molar-refractivity contribution in [3.63, 3.8) is 0 Å². The third-order valence-corrected chi connectivity index (χ3v) is 6.57. The molecule has 1 aliphatic rings. The largest absolute Gasteiger partial charge is 0.360 e. The average molecular weight is 450 g/mol. The molecule has 2 amide bonds. The minimum absolute atomic E-state index is 0.0682. The van der Waals surface area contributed by atoms with Crippen LogP contribution in [0.25, 0.3) is 0 Å². The Hall–Kier alpha value is -2.89. The summed E-state index contributed by atoms with van der Waals surface area (Å²) in [5, 5.41) is 4.84. The van der Waals surface area contributed by atoms with Crippen molar-refractivity contribution in [3.8, 4) is 0 Å². The monoisotopic (exact) mass is 450 g/mol. The van der Waals surface area contributed by atoms with Crippen LogP contribution >= 0.6 is 0 Å². The van der Waals surface area contributed by atoms with E-state index in [9.17, 15) is 22.4 Å². The molecule has 31 heavy (non-hydrogen) atoms. The highest BCUT2D eigenvalue weighted by Crippen LogP contribution is 2.23. The summed E-state index contributed by atoms with van der Waals surface area (Å²) in [6, 6.07) is 8.72. The number of rotatable bonds is 6. The van der Waals surface area contributed by atoms with Gasteiger partial charge in [-0.1, -0.05) is 6.07 Å². The van der Waals surface area contributed by atoms with Crippen LogP contribution in [0.15, 0.2) is 47.5 Å². The Bertz CT molecular complexity index is 1050. The van der Waals surface area contributed by atoms with Crippen LogP contribution in [0.4, 0.5) is 4.39 Å². The molecule has 166 valence electrons. The Morgan fingerprint density at radius 1 is 1.23 bits per heavy atom. The van der Waals surface area contributed by atoms with Crippen LogP contribution in [0.3, 0.4) is 0 Å². The van der Waals surface area contributed by atoms with Crippen LogP contribution in [0.5, 0.6) is 0 Å². The molecule has 1 aromatic carbocycles. The third-order valence-electron chi connectivity index (χ3n) is 4.69. The highest BCUT2D eigenvalue weighted by atomic mass is 32.2. The Kier molecular flexibility index (Phi) is 7.31. The normalized spacial score (nSPS) is 17.2. The lowest BCUT2D eigenvalue weighted by Gasteiger charge is -2.34. The van der Waals surface area contributed by atoms with Gasteiger partial charge >= 0.3 is 11.8 Å². The Balaban J connectivity index is 1.62. The maximum atomic E-state index is 13.5. The van der Waals surface area contributed by atoms with Gasteiger partial charge in [0.25, 0.3) is 0 Å². The zero-order valence-corrected chi connectivity index (χ0v) is 17.7. The van der Waals surface area contributed by atoms with E-state index in [0.29, 0.717) is 18.7 Å².